The number of hydrogen-bond donors (Lipinski definition) is 1. The molecule has 4 rings (SSSR count). The van der Waals surface area contributed by atoms with Crippen molar-refractivity contribution in [3.05, 3.63) is 59.4 Å². The van der Waals surface area contributed by atoms with Crippen LogP contribution in [0.25, 0.3) is 11.4 Å². The normalized spacial score (nSPS) is 14.7. The number of carbonyl (C=O) groups excluding carboxylic acids is 2. The van der Waals surface area contributed by atoms with Gasteiger partial charge in [-0.15, -0.1) is 10.2 Å². The molecule has 2 amide bonds. The fourth-order valence-corrected chi connectivity index (χ4v) is 4.37. The van der Waals surface area contributed by atoms with Gasteiger partial charge in [-0.2, -0.15) is 4.80 Å². The van der Waals surface area contributed by atoms with E-state index in [4.69, 9.17) is 0 Å². The van der Waals surface area contributed by atoms with E-state index in [1.807, 2.05) is 32.0 Å². The van der Waals surface area contributed by atoms with Gasteiger partial charge in [0.1, 0.15) is 18.4 Å². The minimum Gasteiger partial charge on any atom is -0.352 e. The number of aryl methyl sites for hydroxylation is 2. The third-order valence-electron chi connectivity index (χ3n) is 6.18. The minimum atomic E-state index is -0.713. The number of rotatable bonds is 7. The van der Waals surface area contributed by atoms with Gasteiger partial charge in [-0.05, 0) is 74.7 Å². The zero-order valence-electron chi connectivity index (χ0n) is 19.7. The van der Waals surface area contributed by atoms with Crippen LogP contribution in [-0.2, 0) is 16.1 Å². The van der Waals surface area contributed by atoms with Crippen LogP contribution in [0.5, 0.6) is 0 Å². The number of halogens is 1. The predicted octanol–water partition coefficient (Wildman–Crippen LogP) is 3.58. The van der Waals surface area contributed by atoms with Gasteiger partial charge in [-0.1, -0.05) is 30.5 Å². The third kappa shape index (κ3) is 5.30. The van der Waals surface area contributed by atoms with Crippen molar-refractivity contribution >= 4 is 17.5 Å². The van der Waals surface area contributed by atoms with E-state index in [-0.39, 0.29) is 36.0 Å². The molecule has 1 aliphatic rings. The first-order valence-corrected chi connectivity index (χ1v) is 11.6. The smallest absolute Gasteiger partial charge is 0.251 e. The molecule has 1 heterocycles. The van der Waals surface area contributed by atoms with Crippen LogP contribution in [0.2, 0.25) is 0 Å². The van der Waals surface area contributed by atoms with Gasteiger partial charge >= 0.3 is 0 Å². The number of nitrogens with zero attached hydrogens (tertiary/aromatic N) is 5. The summed E-state index contributed by atoms with van der Waals surface area (Å²) in [6.45, 7) is 5.45. The van der Waals surface area contributed by atoms with Crippen LogP contribution in [0.1, 0.15) is 43.7 Å². The van der Waals surface area contributed by atoms with E-state index in [0.717, 1.165) is 36.8 Å². The molecule has 9 heteroatoms. The van der Waals surface area contributed by atoms with E-state index in [1.165, 1.54) is 21.8 Å². The summed E-state index contributed by atoms with van der Waals surface area (Å²) >= 11 is 0. The van der Waals surface area contributed by atoms with Gasteiger partial charge in [0.2, 0.25) is 11.7 Å². The summed E-state index contributed by atoms with van der Waals surface area (Å²) in [5.41, 5.74) is 3.23. The lowest BCUT2D eigenvalue weighted by molar-refractivity contribution is -0.127. The zero-order chi connectivity index (χ0) is 24.2. The van der Waals surface area contributed by atoms with Crippen molar-refractivity contribution in [3.63, 3.8) is 0 Å². The first-order valence-electron chi connectivity index (χ1n) is 11.6. The van der Waals surface area contributed by atoms with Gasteiger partial charge in [0, 0.05) is 17.3 Å². The molecule has 178 valence electrons. The molecular weight excluding hydrogens is 435 g/mol. The Kier molecular flexibility index (Phi) is 7.00. The van der Waals surface area contributed by atoms with E-state index < -0.39 is 6.04 Å². The largest absolute Gasteiger partial charge is 0.352 e. The number of anilines is 1. The summed E-state index contributed by atoms with van der Waals surface area (Å²) in [6, 6.07) is 10.9. The highest BCUT2D eigenvalue weighted by atomic mass is 19.1. The topological polar surface area (TPSA) is 93.0 Å². The molecule has 2 aromatic carbocycles. The SMILES string of the molecule is Cc1ccc(N(C(=O)Cn2nnc(-c3ccc(F)cc3)n2)[C@H](C)C(=O)NC2CCCC2)c(C)c1. The lowest BCUT2D eigenvalue weighted by Gasteiger charge is -2.30. The second-order valence-corrected chi connectivity index (χ2v) is 8.87. The Labute approximate surface area is 198 Å². The van der Waals surface area contributed by atoms with E-state index in [9.17, 15) is 14.0 Å². The Morgan fingerprint density at radius 3 is 2.53 bits per heavy atom. The number of benzene rings is 2. The van der Waals surface area contributed by atoms with Crippen LogP contribution in [0, 0.1) is 19.7 Å². The maximum atomic E-state index is 13.5. The van der Waals surface area contributed by atoms with Crippen molar-refractivity contribution in [2.75, 3.05) is 4.90 Å². The van der Waals surface area contributed by atoms with E-state index in [1.54, 1.807) is 19.1 Å². The summed E-state index contributed by atoms with van der Waals surface area (Å²) in [4.78, 5) is 29.3. The van der Waals surface area contributed by atoms with Crippen LogP contribution < -0.4 is 10.2 Å². The van der Waals surface area contributed by atoms with Crippen LogP contribution in [-0.4, -0.2) is 44.1 Å². The second kappa shape index (κ2) is 10.1. The molecule has 0 saturated heterocycles. The van der Waals surface area contributed by atoms with Gasteiger partial charge in [0.25, 0.3) is 5.91 Å². The molecule has 3 aromatic rings. The quantitative estimate of drug-likeness (QED) is 0.577. The van der Waals surface area contributed by atoms with E-state index in [0.29, 0.717) is 11.3 Å². The van der Waals surface area contributed by atoms with Crippen molar-refractivity contribution in [2.24, 2.45) is 0 Å². The van der Waals surface area contributed by atoms with E-state index in [2.05, 4.69) is 20.7 Å². The Balaban J connectivity index is 1.57. The summed E-state index contributed by atoms with van der Waals surface area (Å²) in [6.07, 6.45) is 4.14. The lowest BCUT2D eigenvalue weighted by atomic mass is 10.1. The summed E-state index contributed by atoms with van der Waals surface area (Å²) < 4.78 is 13.2. The molecule has 0 spiro atoms. The lowest BCUT2D eigenvalue weighted by Crippen LogP contribution is -2.51. The van der Waals surface area contributed by atoms with Crippen molar-refractivity contribution in [2.45, 2.75) is 65.1 Å². The maximum Gasteiger partial charge on any atom is 0.251 e. The van der Waals surface area contributed by atoms with Gasteiger partial charge < -0.3 is 5.32 Å². The number of hydrogen-bond acceptors (Lipinski definition) is 5. The fraction of sp³-hybridized carbons (Fsp3) is 0.400. The van der Waals surface area contributed by atoms with Crippen LogP contribution >= 0.6 is 0 Å². The molecular formula is C25H29FN6O2. The average Bonchev–Trinajstić information content (AvgIpc) is 3.48. The van der Waals surface area contributed by atoms with Crippen molar-refractivity contribution in [1.29, 1.82) is 0 Å². The molecule has 34 heavy (non-hydrogen) atoms. The fourth-order valence-electron chi connectivity index (χ4n) is 4.37. The summed E-state index contributed by atoms with van der Waals surface area (Å²) in [5, 5.41) is 15.3. The van der Waals surface area contributed by atoms with Crippen molar-refractivity contribution in [1.82, 2.24) is 25.5 Å². The third-order valence-corrected chi connectivity index (χ3v) is 6.18. The van der Waals surface area contributed by atoms with Gasteiger partial charge in [0.15, 0.2) is 0 Å². The molecule has 1 fully saturated rings. The number of amides is 2. The molecule has 0 radical (unpaired) electrons. The molecule has 0 unspecified atom stereocenters. The number of aromatic nitrogens is 4. The Morgan fingerprint density at radius 1 is 1.15 bits per heavy atom. The first-order chi connectivity index (χ1) is 16.3. The predicted molar refractivity (Wildman–Crippen MR) is 126 cm³/mol. The van der Waals surface area contributed by atoms with Crippen LogP contribution in [0.3, 0.4) is 0 Å². The molecule has 0 aliphatic heterocycles. The van der Waals surface area contributed by atoms with E-state index >= 15 is 0 Å². The number of nitrogens with one attached hydrogen (secondary N) is 1. The summed E-state index contributed by atoms with van der Waals surface area (Å²) in [5.74, 6) is -0.582. The molecule has 1 atom stereocenters. The summed E-state index contributed by atoms with van der Waals surface area (Å²) in [7, 11) is 0. The van der Waals surface area contributed by atoms with Crippen molar-refractivity contribution < 1.29 is 14.0 Å². The highest BCUT2D eigenvalue weighted by molar-refractivity contribution is 6.01. The monoisotopic (exact) mass is 464 g/mol. The Bertz CT molecular complexity index is 1170. The Morgan fingerprint density at radius 2 is 1.85 bits per heavy atom. The molecule has 8 nitrogen and oxygen atoms in total. The number of carbonyl (C=O) groups is 2. The Hall–Kier alpha value is -3.62. The van der Waals surface area contributed by atoms with Gasteiger partial charge in [0.05, 0.1) is 0 Å². The minimum absolute atomic E-state index is 0.154. The highest BCUT2D eigenvalue weighted by Gasteiger charge is 2.31. The number of tetrazole rings is 1. The van der Waals surface area contributed by atoms with Crippen molar-refractivity contribution in [3.8, 4) is 11.4 Å². The molecule has 1 aliphatic carbocycles. The van der Waals surface area contributed by atoms with Gasteiger partial charge in [-0.3, -0.25) is 14.5 Å². The molecule has 1 aromatic heterocycles. The van der Waals surface area contributed by atoms with Crippen LogP contribution in [0.4, 0.5) is 10.1 Å². The first kappa shape index (κ1) is 23.5. The molecule has 0 bridgehead atoms. The zero-order valence-corrected chi connectivity index (χ0v) is 19.7. The van der Waals surface area contributed by atoms with Gasteiger partial charge in [-0.25, -0.2) is 4.39 Å². The van der Waals surface area contributed by atoms with Crippen LogP contribution in [0.15, 0.2) is 42.5 Å². The highest BCUT2D eigenvalue weighted by Crippen LogP contribution is 2.25. The second-order valence-electron chi connectivity index (χ2n) is 8.87. The maximum absolute atomic E-state index is 13.5. The molecule has 1 saturated carbocycles. The molecule has 1 N–H and O–H groups in total. The average molecular weight is 465 g/mol. The standard InChI is InChI=1S/C25H29FN6O2/c1-16-8-13-22(17(2)14-16)32(18(3)25(34)27-21-6-4-5-7-21)23(33)15-31-29-24(28-30-31)19-9-11-20(26)12-10-19/h8-14,18,21H,4-7,15H2,1-3H3,(H,27,34)/t18-/m1/s1.